The molecule has 0 saturated heterocycles. The second-order valence-electron chi connectivity index (χ2n) is 7.52. The Bertz CT molecular complexity index is 993. The molecule has 1 aliphatic carbocycles. The highest BCUT2D eigenvalue weighted by atomic mass is 19.1. The number of anilines is 1. The molecule has 1 aromatic heterocycles. The van der Waals surface area contributed by atoms with Gasteiger partial charge >= 0.3 is 0 Å². The number of carbonyl (C=O) groups is 1. The molecule has 0 radical (unpaired) electrons. The number of amides is 1. The summed E-state index contributed by atoms with van der Waals surface area (Å²) in [7, 11) is 0. The number of nitrogens with zero attached hydrogens (tertiary/aromatic N) is 3. The standard InChI is InChI=1S/C24H26FN3O2/c1-3-27(4-2)24-21(22(26-30-24)17-8-6-5-7-9-17)16-28(20-14-15-20)23(29)18-10-12-19(25)13-11-18/h5-13,20H,3-4,14-16H2,1-2H3. The Morgan fingerprint density at radius 1 is 1.07 bits per heavy atom. The fraction of sp³-hybridized carbons (Fsp3) is 0.333. The molecule has 1 heterocycles. The lowest BCUT2D eigenvalue weighted by molar-refractivity contribution is 0.0730. The van der Waals surface area contributed by atoms with Crippen LogP contribution in [-0.2, 0) is 6.54 Å². The zero-order valence-electron chi connectivity index (χ0n) is 17.3. The molecule has 156 valence electrons. The van der Waals surface area contributed by atoms with E-state index in [0.29, 0.717) is 18.0 Å². The maximum absolute atomic E-state index is 13.3. The third kappa shape index (κ3) is 4.08. The van der Waals surface area contributed by atoms with E-state index in [9.17, 15) is 9.18 Å². The van der Waals surface area contributed by atoms with Gasteiger partial charge in [0.05, 0.1) is 12.1 Å². The first-order valence-corrected chi connectivity index (χ1v) is 10.5. The van der Waals surface area contributed by atoms with Crippen LogP contribution < -0.4 is 4.90 Å². The van der Waals surface area contributed by atoms with Crippen molar-refractivity contribution < 1.29 is 13.7 Å². The summed E-state index contributed by atoms with van der Waals surface area (Å²) in [5, 5.41) is 4.38. The third-order valence-electron chi connectivity index (χ3n) is 5.53. The summed E-state index contributed by atoms with van der Waals surface area (Å²) in [6.45, 7) is 6.10. The average molecular weight is 407 g/mol. The quantitative estimate of drug-likeness (QED) is 0.519. The Labute approximate surface area is 176 Å². The minimum absolute atomic E-state index is 0.0943. The fourth-order valence-corrected chi connectivity index (χ4v) is 3.71. The molecule has 5 nitrogen and oxygen atoms in total. The van der Waals surface area contributed by atoms with Crippen LogP contribution in [0, 0.1) is 5.82 Å². The first kappa shape index (κ1) is 20.1. The predicted molar refractivity (Wildman–Crippen MR) is 115 cm³/mol. The van der Waals surface area contributed by atoms with Crippen molar-refractivity contribution in [3.63, 3.8) is 0 Å². The van der Waals surface area contributed by atoms with Crippen molar-refractivity contribution in [1.29, 1.82) is 0 Å². The van der Waals surface area contributed by atoms with Crippen LogP contribution in [0.1, 0.15) is 42.6 Å². The van der Waals surface area contributed by atoms with Gasteiger partial charge < -0.3 is 14.3 Å². The van der Waals surface area contributed by atoms with Crippen LogP contribution in [0.4, 0.5) is 10.3 Å². The van der Waals surface area contributed by atoms with Crippen molar-refractivity contribution in [2.24, 2.45) is 0 Å². The van der Waals surface area contributed by atoms with Gasteiger partial charge in [-0.05, 0) is 51.0 Å². The van der Waals surface area contributed by atoms with E-state index in [1.165, 1.54) is 12.1 Å². The highest BCUT2D eigenvalue weighted by molar-refractivity contribution is 5.94. The molecule has 0 spiro atoms. The molecule has 1 saturated carbocycles. The lowest BCUT2D eigenvalue weighted by Crippen LogP contribution is -2.33. The molecule has 0 unspecified atom stereocenters. The van der Waals surface area contributed by atoms with Gasteiger partial charge in [0.15, 0.2) is 0 Å². The zero-order chi connectivity index (χ0) is 21.1. The van der Waals surface area contributed by atoms with Crippen molar-refractivity contribution in [1.82, 2.24) is 10.1 Å². The smallest absolute Gasteiger partial charge is 0.254 e. The predicted octanol–water partition coefficient (Wildman–Crippen LogP) is 5.13. The summed E-state index contributed by atoms with van der Waals surface area (Å²) in [5.74, 6) is 0.262. The molecule has 2 aromatic carbocycles. The van der Waals surface area contributed by atoms with Crippen LogP contribution in [0.25, 0.3) is 11.3 Å². The zero-order valence-corrected chi connectivity index (χ0v) is 17.3. The van der Waals surface area contributed by atoms with Crippen molar-refractivity contribution in [2.45, 2.75) is 39.3 Å². The van der Waals surface area contributed by atoms with Gasteiger partial charge in [-0.25, -0.2) is 4.39 Å². The van der Waals surface area contributed by atoms with Gasteiger partial charge in [-0.3, -0.25) is 4.79 Å². The van der Waals surface area contributed by atoms with Crippen molar-refractivity contribution in [3.8, 4) is 11.3 Å². The van der Waals surface area contributed by atoms with E-state index in [1.807, 2.05) is 35.2 Å². The number of aromatic nitrogens is 1. The SMILES string of the molecule is CCN(CC)c1onc(-c2ccccc2)c1CN(C(=O)c1ccc(F)cc1)C1CC1. The van der Waals surface area contributed by atoms with E-state index in [1.54, 1.807) is 12.1 Å². The van der Waals surface area contributed by atoms with E-state index in [-0.39, 0.29) is 17.8 Å². The first-order chi connectivity index (χ1) is 14.6. The van der Waals surface area contributed by atoms with E-state index in [4.69, 9.17) is 4.52 Å². The largest absolute Gasteiger partial charge is 0.341 e. The Kier molecular flexibility index (Phi) is 5.84. The molecule has 0 N–H and O–H groups in total. The maximum atomic E-state index is 13.3. The molecule has 1 fully saturated rings. The highest BCUT2D eigenvalue weighted by Crippen LogP contribution is 2.36. The van der Waals surface area contributed by atoms with Crippen LogP contribution >= 0.6 is 0 Å². The van der Waals surface area contributed by atoms with Crippen LogP contribution in [0.5, 0.6) is 0 Å². The first-order valence-electron chi connectivity index (χ1n) is 10.5. The molecule has 0 bridgehead atoms. The maximum Gasteiger partial charge on any atom is 0.254 e. The molecule has 0 aliphatic heterocycles. The molecule has 1 amide bonds. The van der Waals surface area contributed by atoms with E-state index in [2.05, 4.69) is 23.9 Å². The minimum Gasteiger partial charge on any atom is -0.341 e. The van der Waals surface area contributed by atoms with E-state index < -0.39 is 0 Å². The Balaban J connectivity index is 1.72. The summed E-state index contributed by atoms with van der Waals surface area (Å²) < 4.78 is 19.1. The lowest BCUT2D eigenvalue weighted by Gasteiger charge is -2.25. The normalized spacial score (nSPS) is 13.3. The molecule has 0 atom stereocenters. The number of benzene rings is 2. The third-order valence-corrected chi connectivity index (χ3v) is 5.53. The monoisotopic (exact) mass is 407 g/mol. The Morgan fingerprint density at radius 2 is 1.73 bits per heavy atom. The summed E-state index contributed by atoms with van der Waals surface area (Å²) in [4.78, 5) is 17.3. The summed E-state index contributed by atoms with van der Waals surface area (Å²) in [6.07, 6.45) is 1.94. The molecule has 6 heteroatoms. The summed E-state index contributed by atoms with van der Waals surface area (Å²) in [6, 6.07) is 15.8. The van der Waals surface area contributed by atoms with E-state index in [0.717, 1.165) is 42.8 Å². The van der Waals surface area contributed by atoms with Crippen LogP contribution in [0.3, 0.4) is 0 Å². The molecule has 4 rings (SSSR count). The Hall–Kier alpha value is -3.15. The van der Waals surface area contributed by atoms with Gasteiger partial charge in [-0.15, -0.1) is 0 Å². The van der Waals surface area contributed by atoms with Gasteiger partial charge in [0.1, 0.15) is 11.5 Å². The van der Waals surface area contributed by atoms with Gasteiger partial charge in [-0.2, -0.15) is 0 Å². The fourth-order valence-electron chi connectivity index (χ4n) is 3.71. The average Bonchev–Trinajstić information content (AvgIpc) is 3.54. The Morgan fingerprint density at radius 3 is 2.33 bits per heavy atom. The topological polar surface area (TPSA) is 49.6 Å². The minimum atomic E-state index is -0.348. The number of hydrogen-bond donors (Lipinski definition) is 0. The number of hydrogen-bond acceptors (Lipinski definition) is 4. The van der Waals surface area contributed by atoms with Gasteiger partial charge in [0, 0.05) is 30.3 Å². The van der Waals surface area contributed by atoms with Crippen molar-refractivity contribution in [2.75, 3.05) is 18.0 Å². The number of halogens is 1. The highest BCUT2D eigenvalue weighted by Gasteiger charge is 2.35. The molecule has 3 aromatic rings. The summed E-state index contributed by atoms with van der Waals surface area (Å²) >= 11 is 0. The van der Waals surface area contributed by atoms with Crippen LogP contribution in [0.2, 0.25) is 0 Å². The van der Waals surface area contributed by atoms with Gasteiger partial charge in [-0.1, -0.05) is 35.5 Å². The summed E-state index contributed by atoms with van der Waals surface area (Å²) in [5.41, 5.74) is 3.12. The van der Waals surface area contributed by atoms with Gasteiger partial charge in [0.2, 0.25) is 5.88 Å². The van der Waals surface area contributed by atoms with Crippen LogP contribution in [-0.4, -0.2) is 35.1 Å². The van der Waals surface area contributed by atoms with Crippen molar-refractivity contribution in [3.05, 3.63) is 71.5 Å². The molecule has 1 aliphatic rings. The van der Waals surface area contributed by atoms with Crippen molar-refractivity contribution >= 4 is 11.8 Å². The molecular weight excluding hydrogens is 381 g/mol. The van der Waals surface area contributed by atoms with Crippen LogP contribution in [0.15, 0.2) is 59.1 Å². The van der Waals surface area contributed by atoms with E-state index >= 15 is 0 Å². The number of carbonyl (C=O) groups excluding carboxylic acids is 1. The second kappa shape index (κ2) is 8.69. The second-order valence-corrected chi connectivity index (χ2v) is 7.52. The molecule has 30 heavy (non-hydrogen) atoms. The number of rotatable bonds is 8. The lowest BCUT2D eigenvalue weighted by atomic mass is 10.1. The molecular formula is C24H26FN3O2. The van der Waals surface area contributed by atoms with Gasteiger partial charge in [0.25, 0.3) is 5.91 Å².